The quantitative estimate of drug-likeness (QED) is 0.802. The monoisotopic (exact) mass is 341 g/mol. The van der Waals surface area contributed by atoms with Crippen molar-refractivity contribution in [2.45, 2.75) is 39.3 Å². The molecule has 0 aliphatic carbocycles. The number of hydrogen-bond acceptors (Lipinski definition) is 6. The number of carbonyl (C=O) groups excluding carboxylic acids is 1. The molecule has 0 aromatic carbocycles. The normalized spacial score (nSPS) is 27.2. The van der Waals surface area contributed by atoms with Gasteiger partial charge in [-0.3, -0.25) is 9.69 Å². The molecule has 2 aliphatic heterocycles. The predicted octanol–water partition coefficient (Wildman–Crippen LogP) is 0.625. The number of aryl methyl sites for hydroxylation is 2. The van der Waals surface area contributed by atoms with Crippen molar-refractivity contribution in [3.63, 3.8) is 0 Å². The number of sulfone groups is 1. The van der Waals surface area contributed by atoms with Crippen LogP contribution in [0.4, 0.5) is 0 Å². The predicted molar refractivity (Wildman–Crippen MR) is 85.1 cm³/mol. The fourth-order valence-electron chi connectivity index (χ4n) is 3.70. The molecule has 2 aliphatic rings. The van der Waals surface area contributed by atoms with Crippen molar-refractivity contribution in [2.75, 3.05) is 31.1 Å². The van der Waals surface area contributed by atoms with Gasteiger partial charge in [-0.1, -0.05) is 6.92 Å². The molecule has 1 aromatic heterocycles. The molecule has 3 rings (SSSR count). The van der Waals surface area contributed by atoms with Crippen LogP contribution in [-0.4, -0.2) is 72.3 Å². The van der Waals surface area contributed by atoms with Crippen molar-refractivity contribution in [3.05, 3.63) is 17.3 Å². The Labute approximate surface area is 136 Å². The van der Waals surface area contributed by atoms with Crippen LogP contribution in [0.3, 0.4) is 0 Å². The van der Waals surface area contributed by atoms with Crippen LogP contribution in [0.5, 0.6) is 0 Å². The van der Waals surface area contributed by atoms with Crippen molar-refractivity contribution in [2.24, 2.45) is 0 Å². The summed E-state index contributed by atoms with van der Waals surface area (Å²) < 4.78 is 29.7. The van der Waals surface area contributed by atoms with Gasteiger partial charge in [0.15, 0.2) is 15.7 Å². The van der Waals surface area contributed by atoms with Gasteiger partial charge in [-0.25, -0.2) is 13.4 Å². The van der Waals surface area contributed by atoms with E-state index in [4.69, 9.17) is 4.42 Å². The molecule has 1 amide bonds. The highest BCUT2D eigenvalue weighted by atomic mass is 32.2. The van der Waals surface area contributed by atoms with Crippen LogP contribution in [0.15, 0.2) is 4.42 Å². The Morgan fingerprint density at radius 2 is 1.96 bits per heavy atom. The Balaban J connectivity index is 1.89. The number of amides is 1. The van der Waals surface area contributed by atoms with E-state index in [1.807, 2.05) is 0 Å². The molecule has 0 saturated carbocycles. The second-order valence-electron chi connectivity index (χ2n) is 6.39. The van der Waals surface area contributed by atoms with Gasteiger partial charge in [0.05, 0.1) is 23.2 Å². The first-order valence-corrected chi connectivity index (χ1v) is 9.84. The molecular formula is C15H23N3O4S. The lowest BCUT2D eigenvalue weighted by Gasteiger charge is -2.43. The van der Waals surface area contributed by atoms with E-state index >= 15 is 0 Å². The second-order valence-corrected chi connectivity index (χ2v) is 8.55. The number of oxazole rings is 1. The molecule has 0 spiro atoms. The number of rotatable bonds is 3. The maximum atomic E-state index is 12.8. The zero-order valence-electron chi connectivity index (χ0n) is 13.8. The lowest BCUT2D eigenvalue weighted by Crippen LogP contribution is -2.60. The highest BCUT2D eigenvalue weighted by molar-refractivity contribution is 7.91. The Morgan fingerprint density at radius 3 is 2.57 bits per heavy atom. The molecule has 0 bridgehead atoms. The molecule has 2 saturated heterocycles. The largest absolute Gasteiger partial charge is 0.436 e. The minimum atomic E-state index is -3.12. The van der Waals surface area contributed by atoms with Crippen molar-refractivity contribution >= 4 is 15.7 Å². The summed E-state index contributed by atoms with van der Waals surface area (Å²) in [6.45, 7) is 7.60. The van der Waals surface area contributed by atoms with Gasteiger partial charge in [0.2, 0.25) is 5.76 Å². The molecule has 0 unspecified atom stereocenters. The van der Waals surface area contributed by atoms with Crippen LogP contribution in [0.2, 0.25) is 0 Å². The summed E-state index contributed by atoms with van der Waals surface area (Å²) in [6, 6.07) is -0.403. The van der Waals surface area contributed by atoms with Gasteiger partial charge >= 0.3 is 0 Å². The number of aromatic nitrogens is 1. The van der Waals surface area contributed by atoms with Gasteiger partial charge < -0.3 is 9.32 Å². The summed E-state index contributed by atoms with van der Waals surface area (Å²) >= 11 is 0. The van der Waals surface area contributed by atoms with Gasteiger partial charge in [-0.15, -0.1) is 0 Å². The lowest BCUT2D eigenvalue weighted by atomic mass is 10.0. The molecule has 2 atom stereocenters. The third-order valence-electron chi connectivity index (χ3n) is 4.66. The van der Waals surface area contributed by atoms with Crippen LogP contribution >= 0.6 is 0 Å². The summed E-state index contributed by atoms with van der Waals surface area (Å²) in [4.78, 5) is 20.9. The Kier molecular flexibility index (Phi) is 4.22. The number of carbonyl (C=O) groups is 1. The molecule has 3 heterocycles. The summed E-state index contributed by atoms with van der Waals surface area (Å²) in [6.07, 6.45) is 0.970. The van der Waals surface area contributed by atoms with Gasteiger partial charge in [0.25, 0.3) is 5.91 Å². The number of nitrogens with zero attached hydrogens (tertiary/aromatic N) is 3. The SMILES string of the molecule is CCCN1CCN(C(=O)c2oc(C)nc2C)[C@@H]2CS(=O)(=O)C[C@@H]21. The molecular weight excluding hydrogens is 318 g/mol. The van der Waals surface area contributed by atoms with Crippen molar-refractivity contribution in [1.82, 2.24) is 14.8 Å². The Hall–Kier alpha value is -1.41. The van der Waals surface area contributed by atoms with Crippen LogP contribution < -0.4 is 0 Å². The summed E-state index contributed by atoms with van der Waals surface area (Å²) in [5.74, 6) is 0.609. The molecule has 0 N–H and O–H groups in total. The van der Waals surface area contributed by atoms with Gasteiger partial charge in [-0.2, -0.15) is 0 Å². The standard InChI is InChI=1S/C15H23N3O4S/c1-4-5-17-6-7-18(13-9-23(20,21)8-12(13)17)15(19)14-10(2)16-11(3)22-14/h12-13H,4-9H2,1-3H3/t12-,13+/m0/s1. The minimum Gasteiger partial charge on any atom is -0.436 e. The van der Waals surface area contributed by atoms with Crippen LogP contribution in [0, 0.1) is 13.8 Å². The first kappa shape index (κ1) is 16.4. The third-order valence-corrected chi connectivity index (χ3v) is 6.36. The summed E-state index contributed by atoms with van der Waals surface area (Å²) in [7, 11) is -3.12. The van der Waals surface area contributed by atoms with E-state index < -0.39 is 9.84 Å². The summed E-state index contributed by atoms with van der Waals surface area (Å²) in [5.41, 5.74) is 0.556. The maximum absolute atomic E-state index is 12.8. The highest BCUT2D eigenvalue weighted by Gasteiger charge is 2.48. The van der Waals surface area contributed by atoms with Gasteiger partial charge in [0.1, 0.15) is 0 Å². The highest BCUT2D eigenvalue weighted by Crippen LogP contribution is 2.29. The van der Waals surface area contributed by atoms with E-state index in [2.05, 4.69) is 16.8 Å². The minimum absolute atomic E-state index is 0.0375. The van der Waals surface area contributed by atoms with Crippen LogP contribution in [0.25, 0.3) is 0 Å². The van der Waals surface area contributed by atoms with Crippen LogP contribution in [-0.2, 0) is 9.84 Å². The van der Waals surface area contributed by atoms with Gasteiger partial charge in [0, 0.05) is 26.1 Å². The average Bonchev–Trinajstić information content (AvgIpc) is 2.97. The fourth-order valence-corrected chi connectivity index (χ4v) is 5.71. The van der Waals surface area contributed by atoms with E-state index in [1.165, 1.54) is 0 Å². The van der Waals surface area contributed by atoms with E-state index in [0.29, 0.717) is 24.7 Å². The first-order chi connectivity index (χ1) is 10.8. The van der Waals surface area contributed by atoms with E-state index in [9.17, 15) is 13.2 Å². The van der Waals surface area contributed by atoms with Crippen molar-refractivity contribution in [1.29, 1.82) is 0 Å². The lowest BCUT2D eigenvalue weighted by molar-refractivity contribution is 0.0307. The fraction of sp³-hybridized carbons (Fsp3) is 0.733. The molecule has 128 valence electrons. The van der Waals surface area contributed by atoms with E-state index in [1.54, 1.807) is 18.7 Å². The van der Waals surface area contributed by atoms with Crippen molar-refractivity contribution in [3.8, 4) is 0 Å². The molecule has 0 radical (unpaired) electrons. The summed E-state index contributed by atoms with van der Waals surface area (Å²) in [5, 5.41) is 0. The Bertz CT molecular complexity index is 712. The molecule has 7 nitrogen and oxygen atoms in total. The topological polar surface area (TPSA) is 83.7 Å². The average molecular weight is 341 g/mol. The number of fused-ring (bicyclic) bond motifs is 1. The zero-order chi connectivity index (χ0) is 16.8. The zero-order valence-corrected chi connectivity index (χ0v) is 14.6. The molecule has 2 fully saturated rings. The molecule has 1 aromatic rings. The second kappa shape index (κ2) is 5.90. The van der Waals surface area contributed by atoms with Crippen LogP contribution in [0.1, 0.15) is 35.5 Å². The first-order valence-electron chi connectivity index (χ1n) is 8.02. The van der Waals surface area contributed by atoms with E-state index in [-0.39, 0.29) is 35.3 Å². The van der Waals surface area contributed by atoms with E-state index in [0.717, 1.165) is 13.0 Å². The van der Waals surface area contributed by atoms with Crippen molar-refractivity contribution < 1.29 is 17.6 Å². The molecule has 23 heavy (non-hydrogen) atoms. The number of piperazine rings is 1. The number of hydrogen-bond donors (Lipinski definition) is 0. The third kappa shape index (κ3) is 3.01. The van der Waals surface area contributed by atoms with Gasteiger partial charge in [-0.05, 0) is 19.9 Å². The smallest absolute Gasteiger partial charge is 0.291 e. The molecule has 8 heteroatoms. The Morgan fingerprint density at radius 1 is 1.26 bits per heavy atom. The maximum Gasteiger partial charge on any atom is 0.291 e.